The average molecular weight is 230 g/mol. The Morgan fingerprint density at radius 2 is 2.24 bits per heavy atom. The van der Waals surface area contributed by atoms with Crippen LogP contribution in [0.15, 0.2) is 12.1 Å². The molecular weight excluding hydrogens is 216 g/mol. The van der Waals surface area contributed by atoms with Crippen LogP contribution < -0.4 is 0 Å². The van der Waals surface area contributed by atoms with Gasteiger partial charge in [-0.25, -0.2) is 4.79 Å². The van der Waals surface area contributed by atoms with Crippen molar-refractivity contribution in [1.29, 1.82) is 0 Å². The van der Waals surface area contributed by atoms with Crippen LogP contribution in [0, 0.1) is 6.92 Å². The molecule has 1 fully saturated rings. The van der Waals surface area contributed by atoms with Gasteiger partial charge in [0.2, 0.25) is 0 Å². The van der Waals surface area contributed by atoms with Crippen LogP contribution in [-0.2, 0) is 0 Å². The summed E-state index contributed by atoms with van der Waals surface area (Å²) in [6.45, 7) is 1.77. The van der Waals surface area contributed by atoms with E-state index in [9.17, 15) is 9.90 Å². The van der Waals surface area contributed by atoms with E-state index in [1.54, 1.807) is 6.92 Å². The second-order valence-corrected chi connectivity index (χ2v) is 4.69. The Bertz CT molecular complexity index is 597. The highest BCUT2D eigenvalue weighted by Gasteiger charge is 2.23. The number of nitrogens with one attached hydrogen (secondary N) is 1. The van der Waals surface area contributed by atoms with Crippen LogP contribution in [0.1, 0.15) is 46.9 Å². The number of rotatable bonds is 2. The first kappa shape index (κ1) is 10.3. The first-order chi connectivity index (χ1) is 8.16. The summed E-state index contributed by atoms with van der Waals surface area (Å²) in [5, 5.41) is 9.19. The highest BCUT2D eigenvalue weighted by Crippen LogP contribution is 2.36. The minimum Gasteiger partial charge on any atom is -0.478 e. The SMILES string of the molecule is Cc1[nH]c2ccc(C3CCC3)nc2c1C(=O)O. The lowest BCUT2D eigenvalue weighted by Crippen LogP contribution is -2.10. The molecule has 2 N–H and O–H groups in total. The summed E-state index contributed by atoms with van der Waals surface area (Å²) >= 11 is 0. The number of hydrogen-bond donors (Lipinski definition) is 2. The number of H-pyrrole nitrogens is 1. The molecule has 0 unspecified atom stereocenters. The van der Waals surface area contributed by atoms with E-state index < -0.39 is 5.97 Å². The normalized spacial score (nSPS) is 16.1. The third-order valence-corrected chi connectivity index (χ3v) is 3.59. The maximum absolute atomic E-state index is 11.2. The van der Waals surface area contributed by atoms with Crippen molar-refractivity contribution in [2.75, 3.05) is 0 Å². The molecule has 0 saturated heterocycles. The number of carboxylic acids is 1. The van der Waals surface area contributed by atoms with E-state index in [0.29, 0.717) is 22.7 Å². The fourth-order valence-electron chi connectivity index (χ4n) is 2.40. The molecule has 2 aromatic heterocycles. The number of hydrogen-bond acceptors (Lipinski definition) is 2. The van der Waals surface area contributed by atoms with Gasteiger partial charge in [-0.15, -0.1) is 0 Å². The second-order valence-electron chi connectivity index (χ2n) is 4.69. The molecule has 1 saturated carbocycles. The van der Waals surface area contributed by atoms with Gasteiger partial charge in [0.05, 0.1) is 5.52 Å². The van der Waals surface area contributed by atoms with Gasteiger partial charge in [-0.05, 0) is 31.9 Å². The molecule has 0 spiro atoms. The number of aromatic amines is 1. The van der Waals surface area contributed by atoms with Gasteiger partial charge in [0.15, 0.2) is 0 Å². The fraction of sp³-hybridized carbons (Fsp3) is 0.385. The molecule has 2 heterocycles. The van der Waals surface area contributed by atoms with Gasteiger partial charge in [-0.2, -0.15) is 0 Å². The first-order valence-corrected chi connectivity index (χ1v) is 5.89. The van der Waals surface area contributed by atoms with E-state index >= 15 is 0 Å². The van der Waals surface area contributed by atoms with Gasteiger partial charge in [0, 0.05) is 17.3 Å². The Hall–Kier alpha value is -1.84. The molecule has 0 bridgehead atoms. The van der Waals surface area contributed by atoms with Crippen LogP contribution in [0.4, 0.5) is 0 Å². The van der Waals surface area contributed by atoms with E-state index in [4.69, 9.17) is 0 Å². The molecule has 2 aromatic rings. The summed E-state index contributed by atoms with van der Waals surface area (Å²) in [6, 6.07) is 3.95. The minimum atomic E-state index is -0.910. The molecule has 1 aliphatic rings. The van der Waals surface area contributed by atoms with E-state index in [0.717, 1.165) is 11.2 Å². The first-order valence-electron chi connectivity index (χ1n) is 5.89. The zero-order valence-electron chi connectivity index (χ0n) is 9.66. The minimum absolute atomic E-state index is 0.307. The zero-order chi connectivity index (χ0) is 12.0. The van der Waals surface area contributed by atoms with Crippen molar-refractivity contribution in [3.8, 4) is 0 Å². The molecule has 4 heteroatoms. The van der Waals surface area contributed by atoms with E-state index in [1.807, 2.05) is 12.1 Å². The lowest BCUT2D eigenvalue weighted by Gasteiger charge is -2.24. The molecule has 0 aliphatic heterocycles. The van der Waals surface area contributed by atoms with Crippen molar-refractivity contribution >= 4 is 17.0 Å². The van der Waals surface area contributed by atoms with Crippen LogP contribution in [0.2, 0.25) is 0 Å². The third kappa shape index (κ3) is 1.52. The third-order valence-electron chi connectivity index (χ3n) is 3.59. The maximum atomic E-state index is 11.2. The van der Waals surface area contributed by atoms with E-state index in [-0.39, 0.29) is 0 Å². The molecule has 0 atom stereocenters. The summed E-state index contributed by atoms with van der Waals surface area (Å²) in [5.74, 6) is -0.386. The molecule has 88 valence electrons. The Labute approximate surface area is 98.7 Å². The zero-order valence-corrected chi connectivity index (χ0v) is 9.66. The highest BCUT2D eigenvalue weighted by atomic mass is 16.4. The fourth-order valence-corrected chi connectivity index (χ4v) is 2.40. The van der Waals surface area contributed by atoms with Crippen molar-refractivity contribution in [1.82, 2.24) is 9.97 Å². The standard InChI is InChI=1S/C13H14N2O2/c1-7-11(13(16)17)12-10(14-7)6-5-9(15-12)8-3-2-4-8/h5-6,8,14H,2-4H2,1H3,(H,16,17). The van der Waals surface area contributed by atoms with E-state index in [2.05, 4.69) is 9.97 Å². The van der Waals surface area contributed by atoms with Crippen molar-refractivity contribution < 1.29 is 9.90 Å². The number of pyridine rings is 1. The molecular formula is C13H14N2O2. The van der Waals surface area contributed by atoms with Crippen molar-refractivity contribution in [3.63, 3.8) is 0 Å². The summed E-state index contributed by atoms with van der Waals surface area (Å²) < 4.78 is 0. The molecule has 17 heavy (non-hydrogen) atoms. The Morgan fingerprint density at radius 3 is 2.82 bits per heavy atom. The number of carboxylic acid groups (broad SMARTS) is 1. The Balaban J connectivity index is 2.18. The molecule has 0 aromatic carbocycles. The predicted molar refractivity (Wildman–Crippen MR) is 64.4 cm³/mol. The maximum Gasteiger partial charge on any atom is 0.339 e. The van der Waals surface area contributed by atoms with Crippen LogP contribution in [-0.4, -0.2) is 21.0 Å². The van der Waals surface area contributed by atoms with Gasteiger partial charge in [-0.1, -0.05) is 6.42 Å². The topological polar surface area (TPSA) is 66.0 Å². The van der Waals surface area contributed by atoms with Gasteiger partial charge in [0.25, 0.3) is 0 Å². The van der Waals surface area contributed by atoms with E-state index in [1.165, 1.54) is 19.3 Å². The summed E-state index contributed by atoms with van der Waals surface area (Å²) in [6.07, 6.45) is 3.59. The summed E-state index contributed by atoms with van der Waals surface area (Å²) in [4.78, 5) is 18.8. The summed E-state index contributed by atoms with van der Waals surface area (Å²) in [5.41, 5.74) is 3.42. The van der Waals surface area contributed by atoms with Crippen LogP contribution in [0.25, 0.3) is 11.0 Å². The number of fused-ring (bicyclic) bond motifs is 1. The molecule has 4 nitrogen and oxygen atoms in total. The molecule has 1 aliphatic carbocycles. The quantitative estimate of drug-likeness (QED) is 0.833. The highest BCUT2D eigenvalue weighted by molar-refractivity contribution is 6.02. The Morgan fingerprint density at radius 1 is 1.47 bits per heavy atom. The number of aryl methyl sites for hydroxylation is 1. The van der Waals surface area contributed by atoms with Crippen molar-refractivity contribution in [2.24, 2.45) is 0 Å². The molecule has 0 amide bonds. The lowest BCUT2D eigenvalue weighted by molar-refractivity contribution is 0.0698. The van der Waals surface area contributed by atoms with Gasteiger partial charge >= 0.3 is 5.97 Å². The van der Waals surface area contributed by atoms with Gasteiger partial charge < -0.3 is 10.1 Å². The number of carbonyl (C=O) groups is 1. The van der Waals surface area contributed by atoms with Gasteiger partial charge in [0.1, 0.15) is 11.1 Å². The number of aromatic nitrogens is 2. The average Bonchev–Trinajstić information content (AvgIpc) is 2.50. The van der Waals surface area contributed by atoms with Crippen LogP contribution in [0.5, 0.6) is 0 Å². The lowest BCUT2D eigenvalue weighted by atomic mass is 9.82. The van der Waals surface area contributed by atoms with Gasteiger partial charge in [-0.3, -0.25) is 4.98 Å². The predicted octanol–water partition coefficient (Wildman–Crippen LogP) is 2.84. The van der Waals surface area contributed by atoms with Crippen LogP contribution in [0.3, 0.4) is 0 Å². The monoisotopic (exact) mass is 230 g/mol. The Kier molecular flexibility index (Phi) is 2.18. The molecule has 0 radical (unpaired) electrons. The van der Waals surface area contributed by atoms with Crippen molar-refractivity contribution in [3.05, 3.63) is 29.1 Å². The molecule has 3 rings (SSSR count). The largest absolute Gasteiger partial charge is 0.478 e. The van der Waals surface area contributed by atoms with Crippen LogP contribution >= 0.6 is 0 Å². The number of nitrogens with zero attached hydrogens (tertiary/aromatic N) is 1. The number of aromatic carboxylic acids is 1. The van der Waals surface area contributed by atoms with Crippen molar-refractivity contribution in [2.45, 2.75) is 32.1 Å². The smallest absolute Gasteiger partial charge is 0.339 e. The second kappa shape index (κ2) is 3.58. The summed E-state index contributed by atoms with van der Waals surface area (Å²) in [7, 11) is 0.